The van der Waals surface area contributed by atoms with Crippen molar-refractivity contribution >= 4 is 23.6 Å². The molecule has 0 aromatic heterocycles. The molecule has 0 saturated carbocycles. The second kappa shape index (κ2) is 9.53. The molecule has 160 valence electrons. The van der Waals surface area contributed by atoms with Crippen molar-refractivity contribution in [3.05, 3.63) is 69.8 Å². The zero-order valence-corrected chi connectivity index (χ0v) is 16.7. The van der Waals surface area contributed by atoms with Crippen LogP contribution < -0.4 is 4.74 Å². The largest absolute Gasteiger partial charge is 0.475 e. The van der Waals surface area contributed by atoms with Crippen molar-refractivity contribution in [3.63, 3.8) is 0 Å². The Morgan fingerprint density at radius 1 is 1.17 bits per heavy atom. The van der Waals surface area contributed by atoms with Crippen LogP contribution in [-0.2, 0) is 16.0 Å². The zero-order valence-electron chi connectivity index (χ0n) is 15.9. The number of ether oxygens (including phenoxy) is 2. The number of fused-ring (bicyclic) bond motifs is 1. The Morgan fingerprint density at radius 3 is 2.57 bits per heavy atom. The number of esters is 1. The van der Waals surface area contributed by atoms with Crippen molar-refractivity contribution < 1.29 is 32.5 Å². The lowest BCUT2D eigenvalue weighted by Gasteiger charge is -2.28. The number of carbonyl (C=O) groups is 1. The van der Waals surface area contributed by atoms with Crippen LogP contribution in [0.25, 0.3) is 6.08 Å². The topological polar surface area (TPSA) is 55.8 Å². The maximum atomic E-state index is 13.6. The van der Waals surface area contributed by atoms with Crippen LogP contribution in [0.3, 0.4) is 0 Å². The molecule has 0 aliphatic carbocycles. The molecule has 0 saturated heterocycles. The molecule has 0 radical (unpaired) electrons. The van der Waals surface area contributed by atoms with Gasteiger partial charge >= 0.3 is 12.1 Å². The molecule has 0 unspecified atom stereocenters. The van der Waals surface area contributed by atoms with Crippen molar-refractivity contribution in [3.8, 4) is 5.75 Å². The molecule has 3 rings (SSSR count). The highest BCUT2D eigenvalue weighted by molar-refractivity contribution is 6.31. The predicted octanol–water partition coefficient (Wildman–Crippen LogP) is 4.95. The smallest absolute Gasteiger partial charge is 0.430 e. The minimum atomic E-state index is -4.80. The van der Waals surface area contributed by atoms with Crippen molar-refractivity contribution in [2.75, 3.05) is 13.2 Å². The first-order chi connectivity index (χ1) is 14.3. The maximum absolute atomic E-state index is 13.6. The normalized spacial score (nSPS) is 15.8. The summed E-state index contributed by atoms with van der Waals surface area (Å²) in [5, 5.41) is 9.11. The first-order valence-electron chi connectivity index (χ1n) is 9.39. The van der Waals surface area contributed by atoms with Crippen molar-refractivity contribution in [1.29, 1.82) is 0 Å². The Balaban J connectivity index is 1.89. The summed E-state index contributed by atoms with van der Waals surface area (Å²) in [5.74, 6) is -1.10. The van der Waals surface area contributed by atoms with E-state index in [0.717, 1.165) is 11.6 Å². The fourth-order valence-corrected chi connectivity index (χ4v) is 3.32. The molecule has 1 N–H and O–H groups in total. The molecule has 1 heterocycles. The standard InChI is InChI=1S/C22H20ClF3O4/c23-18-12-16-11-17(21(28)29-9-5-4-8-27)20(22(24,25)26)30-19(16)13-15(18)10-14-6-2-1-3-7-14/h1-3,6-7,11-13,20,27H,4-5,8-10H2/t20-/m1/s1. The quantitative estimate of drug-likeness (QED) is 0.488. The van der Waals surface area contributed by atoms with Crippen LogP contribution in [0.15, 0.2) is 48.0 Å². The number of aliphatic hydroxyl groups excluding tert-OH is 1. The van der Waals surface area contributed by atoms with E-state index < -0.39 is 23.8 Å². The van der Waals surface area contributed by atoms with E-state index in [0.29, 0.717) is 29.8 Å². The highest BCUT2D eigenvalue weighted by Crippen LogP contribution is 2.40. The second-order valence-electron chi connectivity index (χ2n) is 6.85. The Kier molecular flexibility index (Phi) is 7.05. The van der Waals surface area contributed by atoms with Crippen LogP contribution in [0.5, 0.6) is 5.75 Å². The molecule has 0 amide bonds. The number of aliphatic hydroxyl groups is 1. The van der Waals surface area contributed by atoms with Crippen molar-refractivity contribution in [2.45, 2.75) is 31.5 Å². The number of hydrogen-bond acceptors (Lipinski definition) is 4. The summed E-state index contributed by atoms with van der Waals surface area (Å²) in [4.78, 5) is 12.3. The van der Waals surface area contributed by atoms with E-state index in [4.69, 9.17) is 26.2 Å². The predicted molar refractivity (Wildman–Crippen MR) is 106 cm³/mol. The molecular weight excluding hydrogens is 421 g/mol. The fraction of sp³-hybridized carbons (Fsp3) is 0.318. The van der Waals surface area contributed by atoms with Crippen LogP contribution >= 0.6 is 11.6 Å². The summed E-state index contributed by atoms with van der Waals surface area (Å²) in [6.45, 7) is -0.184. The summed E-state index contributed by atoms with van der Waals surface area (Å²) in [6.07, 6.45) is -4.96. The lowest BCUT2D eigenvalue weighted by Crippen LogP contribution is -2.40. The third kappa shape index (κ3) is 5.34. The lowest BCUT2D eigenvalue weighted by molar-refractivity contribution is -0.188. The summed E-state index contributed by atoms with van der Waals surface area (Å²) < 4.78 is 50.9. The van der Waals surface area contributed by atoms with Gasteiger partial charge in [0.25, 0.3) is 0 Å². The first-order valence-corrected chi connectivity index (χ1v) is 9.76. The van der Waals surface area contributed by atoms with Crippen LogP contribution in [0.1, 0.15) is 29.5 Å². The van der Waals surface area contributed by atoms with Gasteiger partial charge in [0.1, 0.15) is 5.75 Å². The van der Waals surface area contributed by atoms with Crippen LogP contribution in [0.4, 0.5) is 13.2 Å². The number of alkyl halides is 3. The fourth-order valence-electron chi connectivity index (χ4n) is 3.08. The average molecular weight is 441 g/mol. The molecule has 30 heavy (non-hydrogen) atoms. The van der Waals surface area contributed by atoms with Gasteiger partial charge in [-0.3, -0.25) is 0 Å². The molecular formula is C22H20ClF3O4. The SMILES string of the molecule is O=C(OCCCCO)C1=Cc2cc(Cl)c(Cc3ccccc3)cc2O[C@H]1C(F)(F)F. The summed E-state index contributed by atoms with van der Waals surface area (Å²) in [7, 11) is 0. The number of carbonyl (C=O) groups excluding carboxylic acids is 1. The Labute approximate surface area is 176 Å². The first kappa shape index (κ1) is 22.2. The third-order valence-electron chi connectivity index (χ3n) is 4.57. The Hall–Kier alpha value is -2.51. The van der Waals surface area contributed by atoms with Crippen LogP contribution in [-0.4, -0.2) is 36.6 Å². The van der Waals surface area contributed by atoms with Gasteiger partial charge in [-0.25, -0.2) is 4.79 Å². The molecule has 2 aromatic carbocycles. The van der Waals surface area contributed by atoms with E-state index in [1.165, 1.54) is 12.1 Å². The van der Waals surface area contributed by atoms with Crippen LogP contribution in [0.2, 0.25) is 5.02 Å². The van der Waals surface area contributed by atoms with E-state index >= 15 is 0 Å². The van der Waals surface area contributed by atoms with Gasteiger partial charge in [-0.1, -0.05) is 41.9 Å². The molecule has 1 aliphatic heterocycles. The van der Waals surface area contributed by atoms with Gasteiger partial charge < -0.3 is 14.6 Å². The van der Waals surface area contributed by atoms with Gasteiger partial charge in [0, 0.05) is 17.2 Å². The zero-order chi connectivity index (χ0) is 21.7. The number of hydrogen-bond donors (Lipinski definition) is 1. The van der Waals surface area contributed by atoms with E-state index in [2.05, 4.69) is 0 Å². The summed E-state index contributed by atoms with van der Waals surface area (Å²) in [5.41, 5.74) is 1.21. The number of halogens is 4. The van der Waals surface area contributed by atoms with Gasteiger partial charge in [0.05, 0.1) is 12.2 Å². The highest BCUT2D eigenvalue weighted by atomic mass is 35.5. The minimum absolute atomic E-state index is 0.00415. The minimum Gasteiger partial charge on any atom is -0.475 e. The van der Waals surface area contributed by atoms with E-state index in [1.54, 1.807) is 0 Å². The molecule has 0 bridgehead atoms. The maximum Gasteiger partial charge on any atom is 0.430 e. The monoisotopic (exact) mass is 440 g/mol. The number of rotatable bonds is 7. The van der Waals surface area contributed by atoms with Crippen molar-refractivity contribution in [1.82, 2.24) is 0 Å². The van der Waals surface area contributed by atoms with Gasteiger partial charge in [-0.05, 0) is 48.6 Å². The Bertz CT molecular complexity index is 926. The Morgan fingerprint density at radius 2 is 1.90 bits per heavy atom. The molecule has 2 aromatic rings. The van der Waals surface area contributed by atoms with Crippen LogP contribution in [0, 0.1) is 0 Å². The summed E-state index contributed by atoms with van der Waals surface area (Å²) >= 11 is 6.34. The summed E-state index contributed by atoms with van der Waals surface area (Å²) in [6, 6.07) is 12.3. The molecule has 8 heteroatoms. The molecule has 1 atom stereocenters. The molecule has 0 spiro atoms. The number of benzene rings is 2. The average Bonchev–Trinajstić information content (AvgIpc) is 2.71. The van der Waals surface area contributed by atoms with E-state index in [9.17, 15) is 18.0 Å². The van der Waals surface area contributed by atoms with Gasteiger partial charge in [0.15, 0.2) is 0 Å². The van der Waals surface area contributed by atoms with E-state index in [1.807, 2.05) is 30.3 Å². The number of unbranched alkanes of at least 4 members (excludes halogenated alkanes) is 1. The molecule has 1 aliphatic rings. The van der Waals surface area contributed by atoms with Gasteiger partial charge in [-0.15, -0.1) is 0 Å². The van der Waals surface area contributed by atoms with E-state index in [-0.39, 0.29) is 24.5 Å². The lowest BCUT2D eigenvalue weighted by atomic mass is 9.97. The highest BCUT2D eigenvalue weighted by Gasteiger charge is 2.49. The molecule has 0 fully saturated rings. The van der Waals surface area contributed by atoms with Crippen molar-refractivity contribution in [2.24, 2.45) is 0 Å². The molecule has 4 nitrogen and oxygen atoms in total. The van der Waals surface area contributed by atoms with Gasteiger partial charge in [0.2, 0.25) is 6.10 Å². The third-order valence-corrected chi connectivity index (χ3v) is 4.92. The van der Waals surface area contributed by atoms with Gasteiger partial charge in [-0.2, -0.15) is 13.2 Å². The second-order valence-corrected chi connectivity index (χ2v) is 7.26.